The van der Waals surface area contributed by atoms with Crippen LogP contribution in [0.25, 0.3) is 10.9 Å². The fourth-order valence-electron chi connectivity index (χ4n) is 4.42. The number of ether oxygens (including phenoxy) is 1. The van der Waals surface area contributed by atoms with Crippen LogP contribution in [0.15, 0.2) is 23.3 Å². The van der Waals surface area contributed by atoms with E-state index in [1.807, 2.05) is 27.7 Å². The van der Waals surface area contributed by atoms with Gasteiger partial charge in [0.05, 0.1) is 34.7 Å². The Morgan fingerprint density at radius 1 is 1.24 bits per heavy atom. The van der Waals surface area contributed by atoms with Gasteiger partial charge in [-0.2, -0.15) is 0 Å². The van der Waals surface area contributed by atoms with E-state index in [2.05, 4.69) is 25.3 Å². The van der Waals surface area contributed by atoms with E-state index in [1.54, 1.807) is 17.9 Å². The lowest BCUT2D eigenvalue weighted by molar-refractivity contribution is -0.0586. The van der Waals surface area contributed by atoms with Crippen molar-refractivity contribution >= 4 is 34.4 Å². The Balaban J connectivity index is 1.55. The molecule has 3 aromatic rings. The number of anilines is 1. The zero-order valence-corrected chi connectivity index (χ0v) is 20.0. The van der Waals surface area contributed by atoms with E-state index in [0.29, 0.717) is 46.4 Å². The quantitative estimate of drug-likeness (QED) is 0.600. The highest BCUT2D eigenvalue weighted by Gasteiger charge is 2.27. The standard InChI is InChI=1S/C23H27ClN6O3/c1-11-9-30(10-12(2)33-11)22(32)16-7-25-23(26-8-16)27-14(4)19-13(3)20-18(6-17(19)24)28-15(5)29-21(20)31/h6-8,11-12,14H,9-10H2,1-5H3,(H,25,26,27)(H,28,29,31)/t11-,12+,14-/m0/s1. The smallest absolute Gasteiger partial charge is 0.259 e. The third-order valence-electron chi connectivity index (χ3n) is 5.75. The van der Waals surface area contributed by atoms with Gasteiger partial charge in [0.2, 0.25) is 5.95 Å². The molecule has 2 aromatic heterocycles. The molecule has 4 rings (SSSR count). The maximum absolute atomic E-state index is 12.8. The van der Waals surface area contributed by atoms with Crippen LogP contribution in [0.5, 0.6) is 0 Å². The second-order valence-corrected chi connectivity index (χ2v) is 8.98. The predicted octanol–water partition coefficient (Wildman–Crippen LogP) is 3.41. The van der Waals surface area contributed by atoms with Gasteiger partial charge in [-0.3, -0.25) is 9.59 Å². The number of aromatic nitrogens is 4. The Bertz CT molecular complexity index is 1250. The number of aromatic amines is 1. The summed E-state index contributed by atoms with van der Waals surface area (Å²) in [5.41, 5.74) is 2.28. The molecule has 1 amide bonds. The normalized spacial score (nSPS) is 19.5. The molecule has 2 N–H and O–H groups in total. The number of carbonyl (C=O) groups is 1. The summed E-state index contributed by atoms with van der Waals surface area (Å²) in [6.45, 7) is 10.5. The molecule has 3 heterocycles. The van der Waals surface area contributed by atoms with Crippen LogP contribution in [0.2, 0.25) is 5.02 Å². The summed E-state index contributed by atoms with van der Waals surface area (Å²) in [5.74, 6) is 0.771. The lowest BCUT2D eigenvalue weighted by Crippen LogP contribution is -2.48. The number of nitrogens with one attached hydrogen (secondary N) is 2. The number of morpholine rings is 1. The lowest BCUT2D eigenvalue weighted by atomic mass is 9.98. The van der Waals surface area contributed by atoms with Gasteiger partial charge in [-0.15, -0.1) is 0 Å². The van der Waals surface area contributed by atoms with Gasteiger partial charge in [0.25, 0.3) is 11.5 Å². The number of amides is 1. The van der Waals surface area contributed by atoms with Crippen LogP contribution in [0.4, 0.5) is 5.95 Å². The van der Waals surface area contributed by atoms with Crippen molar-refractivity contribution in [2.45, 2.75) is 52.9 Å². The molecule has 1 saturated heterocycles. The fraction of sp³-hybridized carbons (Fsp3) is 0.435. The fourth-order valence-corrected chi connectivity index (χ4v) is 4.83. The Labute approximate surface area is 196 Å². The van der Waals surface area contributed by atoms with Gasteiger partial charge < -0.3 is 19.9 Å². The molecule has 0 radical (unpaired) electrons. The first-order chi connectivity index (χ1) is 15.6. The van der Waals surface area contributed by atoms with Crippen molar-refractivity contribution in [3.63, 3.8) is 0 Å². The van der Waals surface area contributed by atoms with Crippen molar-refractivity contribution in [1.29, 1.82) is 0 Å². The predicted molar refractivity (Wildman–Crippen MR) is 127 cm³/mol. The topological polar surface area (TPSA) is 113 Å². The Morgan fingerprint density at radius 2 is 1.88 bits per heavy atom. The van der Waals surface area contributed by atoms with Gasteiger partial charge in [0.1, 0.15) is 5.82 Å². The molecule has 1 fully saturated rings. The van der Waals surface area contributed by atoms with Gasteiger partial charge in [-0.1, -0.05) is 11.6 Å². The molecule has 10 heteroatoms. The molecule has 0 aliphatic carbocycles. The van der Waals surface area contributed by atoms with Crippen LogP contribution in [0, 0.1) is 13.8 Å². The molecule has 0 saturated carbocycles. The van der Waals surface area contributed by atoms with Gasteiger partial charge >= 0.3 is 0 Å². The average molecular weight is 471 g/mol. The summed E-state index contributed by atoms with van der Waals surface area (Å²) in [6, 6.07) is 1.41. The number of halogens is 1. The number of hydrogen-bond donors (Lipinski definition) is 2. The van der Waals surface area contributed by atoms with Crippen LogP contribution in [0.1, 0.15) is 54.1 Å². The maximum atomic E-state index is 12.8. The molecule has 174 valence electrons. The minimum atomic E-state index is -0.287. The van der Waals surface area contributed by atoms with E-state index in [1.165, 1.54) is 12.4 Å². The highest BCUT2D eigenvalue weighted by molar-refractivity contribution is 6.32. The zero-order valence-electron chi connectivity index (χ0n) is 19.3. The number of aryl methyl sites for hydroxylation is 2. The first-order valence-corrected chi connectivity index (χ1v) is 11.2. The van der Waals surface area contributed by atoms with Gasteiger partial charge in [0.15, 0.2) is 0 Å². The second kappa shape index (κ2) is 9.07. The van der Waals surface area contributed by atoms with Crippen LogP contribution in [0.3, 0.4) is 0 Å². The highest BCUT2D eigenvalue weighted by atomic mass is 35.5. The van der Waals surface area contributed by atoms with Crippen molar-refractivity contribution in [3.8, 4) is 0 Å². The monoisotopic (exact) mass is 470 g/mol. The van der Waals surface area contributed by atoms with Gasteiger partial charge in [0, 0.05) is 30.5 Å². The third kappa shape index (κ3) is 4.69. The first-order valence-electron chi connectivity index (χ1n) is 10.9. The summed E-state index contributed by atoms with van der Waals surface area (Å²) in [7, 11) is 0. The highest BCUT2D eigenvalue weighted by Crippen LogP contribution is 2.32. The number of H-pyrrole nitrogens is 1. The van der Waals surface area contributed by atoms with E-state index in [-0.39, 0.29) is 29.7 Å². The molecular formula is C23H27ClN6O3. The van der Waals surface area contributed by atoms with Crippen LogP contribution < -0.4 is 10.9 Å². The molecule has 1 aromatic carbocycles. The molecule has 0 unspecified atom stereocenters. The summed E-state index contributed by atoms with van der Waals surface area (Å²) in [6.07, 6.45) is 3.01. The molecule has 3 atom stereocenters. The van der Waals surface area contributed by atoms with Crippen molar-refractivity contribution in [1.82, 2.24) is 24.8 Å². The van der Waals surface area contributed by atoms with Gasteiger partial charge in [-0.25, -0.2) is 15.0 Å². The molecule has 1 aliphatic rings. The SMILES string of the molecule is Cc1nc2cc(Cl)c([C@H](C)Nc3ncc(C(=O)N4C[C@@H](C)O[C@@H](C)C4)cn3)c(C)c2c(=O)[nH]1. The summed E-state index contributed by atoms with van der Waals surface area (Å²) < 4.78 is 5.70. The minimum absolute atomic E-state index is 0.0123. The molecule has 33 heavy (non-hydrogen) atoms. The van der Waals surface area contributed by atoms with E-state index in [0.717, 1.165) is 11.1 Å². The van der Waals surface area contributed by atoms with E-state index < -0.39 is 0 Å². The Morgan fingerprint density at radius 3 is 2.52 bits per heavy atom. The first kappa shape index (κ1) is 23.1. The zero-order chi connectivity index (χ0) is 23.9. The Hall–Kier alpha value is -3.04. The minimum Gasteiger partial charge on any atom is -0.372 e. The second-order valence-electron chi connectivity index (χ2n) is 8.57. The van der Waals surface area contributed by atoms with E-state index >= 15 is 0 Å². The van der Waals surface area contributed by atoms with Crippen LogP contribution in [-0.4, -0.2) is 56.0 Å². The summed E-state index contributed by atoms with van der Waals surface area (Å²) >= 11 is 6.56. The number of rotatable bonds is 4. The molecule has 0 spiro atoms. The van der Waals surface area contributed by atoms with Gasteiger partial charge in [-0.05, 0) is 51.8 Å². The van der Waals surface area contributed by atoms with Crippen molar-refractivity contribution < 1.29 is 9.53 Å². The van der Waals surface area contributed by atoms with Crippen LogP contribution >= 0.6 is 11.6 Å². The number of nitrogens with zero attached hydrogens (tertiary/aromatic N) is 4. The molecule has 9 nitrogen and oxygen atoms in total. The van der Waals surface area contributed by atoms with Crippen molar-refractivity contribution in [3.05, 3.63) is 56.4 Å². The molecule has 1 aliphatic heterocycles. The van der Waals surface area contributed by atoms with E-state index in [9.17, 15) is 9.59 Å². The van der Waals surface area contributed by atoms with Crippen molar-refractivity contribution in [2.75, 3.05) is 18.4 Å². The lowest BCUT2D eigenvalue weighted by Gasteiger charge is -2.35. The summed E-state index contributed by atoms with van der Waals surface area (Å²) in [4.78, 5) is 42.9. The number of hydrogen-bond acceptors (Lipinski definition) is 7. The van der Waals surface area contributed by atoms with Crippen molar-refractivity contribution in [2.24, 2.45) is 0 Å². The number of fused-ring (bicyclic) bond motifs is 1. The van der Waals surface area contributed by atoms with E-state index in [4.69, 9.17) is 16.3 Å². The third-order valence-corrected chi connectivity index (χ3v) is 6.06. The maximum Gasteiger partial charge on any atom is 0.259 e. The average Bonchev–Trinajstić information content (AvgIpc) is 2.72. The van der Waals surface area contributed by atoms with Crippen LogP contribution in [-0.2, 0) is 4.74 Å². The largest absolute Gasteiger partial charge is 0.372 e. The number of carbonyl (C=O) groups excluding carboxylic acids is 1. The molecule has 0 bridgehead atoms. The Kier molecular flexibility index (Phi) is 6.36. The number of benzene rings is 1. The molecular weight excluding hydrogens is 444 g/mol. The summed E-state index contributed by atoms with van der Waals surface area (Å²) in [5, 5.41) is 4.21.